The Hall–Kier alpha value is 0.370. The second kappa shape index (κ2) is 7.40. The molecule has 0 heterocycles. The summed E-state index contributed by atoms with van der Waals surface area (Å²) in [6.45, 7) is 4.77. The lowest BCUT2D eigenvalue weighted by Crippen LogP contribution is -2.34. The first-order valence-electron chi connectivity index (χ1n) is 5.64. The van der Waals surface area contributed by atoms with Crippen molar-refractivity contribution in [2.45, 2.75) is 19.1 Å². The van der Waals surface area contributed by atoms with Crippen LogP contribution in [0.25, 0.3) is 0 Å². The second-order valence-electron chi connectivity index (χ2n) is 4.01. The molecule has 0 saturated heterocycles. The van der Waals surface area contributed by atoms with Crippen molar-refractivity contribution >= 4 is 63.5 Å². The monoisotopic (exact) mass is 476 g/mol. The normalized spacial score (nSPS) is 13.3. The molecule has 0 aromatic heterocycles. The minimum absolute atomic E-state index is 0.414. The summed E-state index contributed by atoms with van der Waals surface area (Å²) >= 11 is 10.0. The predicted octanol–water partition coefficient (Wildman–Crippen LogP) is 3.71. The number of nitrogens with one attached hydrogen (secondary N) is 2. The second-order valence-corrected chi connectivity index (χ2v) is 8.73. The zero-order chi connectivity index (χ0) is 14.6. The molecular formula is C11H15Br3N2O2S. The van der Waals surface area contributed by atoms with Gasteiger partial charge >= 0.3 is 0 Å². The molecular weight excluding hydrogens is 464 g/mol. The molecule has 0 bridgehead atoms. The van der Waals surface area contributed by atoms with Gasteiger partial charge in [0.1, 0.15) is 0 Å². The van der Waals surface area contributed by atoms with Crippen LogP contribution in [-0.4, -0.2) is 26.8 Å². The van der Waals surface area contributed by atoms with Crippen molar-refractivity contribution in [3.05, 3.63) is 25.6 Å². The van der Waals surface area contributed by atoms with Gasteiger partial charge in [0.05, 0.1) is 10.9 Å². The van der Waals surface area contributed by atoms with E-state index in [-0.39, 0.29) is 0 Å². The van der Waals surface area contributed by atoms with Gasteiger partial charge in [-0.25, -0.2) is 8.42 Å². The number of anilines is 1. The van der Waals surface area contributed by atoms with Crippen molar-refractivity contribution in [1.82, 2.24) is 5.32 Å². The molecule has 0 spiro atoms. The van der Waals surface area contributed by atoms with Crippen LogP contribution in [0.5, 0.6) is 0 Å². The topological polar surface area (TPSA) is 58.2 Å². The maximum atomic E-state index is 12.2. The van der Waals surface area contributed by atoms with Crippen LogP contribution in [0.3, 0.4) is 0 Å². The Morgan fingerprint density at radius 2 is 1.74 bits per heavy atom. The minimum Gasteiger partial charge on any atom is -0.316 e. The van der Waals surface area contributed by atoms with Crippen molar-refractivity contribution in [1.29, 1.82) is 0 Å². The first-order chi connectivity index (χ1) is 8.77. The van der Waals surface area contributed by atoms with E-state index in [0.29, 0.717) is 21.2 Å². The molecule has 19 heavy (non-hydrogen) atoms. The van der Waals surface area contributed by atoms with E-state index in [9.17, 15) is 8.42 Å². The summed E-state index contributed by atoms with van der Waals surface area (Å²) in [5, 5.41) is 2.51. The molecule has 1 rings (SSSR count). The third-order valence-electron chi connectivity index (χ3n) is 2.46. The lowest BCUT2D eigenvalue weighted by molar-refractivity contribution is 0.579. The molecule has 0 amide bonds. The van der Waals surface area contributed by atoms with E-state index in [0.717, 1.165) is 11.0 Å². The Kier molecular flexibility index (Phi) is 6.78. The van der Waals surface area contributed by atoms with E-state index in [1.54, 1.807) is 19.1 Å². The van der Waals surface area contributed by atoms with E-state index in [1.807, 2.05) is 6.92 Å². The highest BCUT2D eigenvalue weighted by Crippen LogP contribution is 2.35. The smallest absolute Gasteiger partial charge is 0.236 e. The quantitative estimate of drug-likeness (QED) is 0.655. The van der Waals surface area contributed by atoms with Gasteiger partial charge in [0, 0.05) is 20.0 Å². The number of benzene rings is 1. The molecule has 2 N–H and O–H groups in total. The molecule has 108 valence electrons. The summed E-state index contributed by atoms with van der Waals surface area (Å²) < 4.78 is 29.2. The van der Waals surface area contributed by atoms with Gasteiger partial charge < -0.3 is 5.32 Å². The molecule has 0 saturated carbocycles. The zero-order valence-electron chi connectivity index (χ0n) is 10.5. The summed E-state index contributed by atoms with van der Waals surface area (Å²) in [6, 6.07) is 3.58. The summed E-state index contributed by atoms with van der Waals surface area (Å²) in [6.07, 6.45) is 0. The summed E-state index contributed by atoms with van der Waals surface area (Å²) in [4.78, 5) is 0. The molecule has 1 aromatic rings. The van der Waals surface area contributed by atoms with Crippen molar-refractivity contribution in [2.24, 2.45) is 0 Å². The first-order valence-corrected chi connectivity index (χ1v) is 9.57. The van der Waals surface area contributed by atoms with Crippen LogP contribution in [0, 0.1) is 0 Å². The van der Waals surface area contributed by atoms with Crippen LogP contribution in [0.1, 0.15) is 13.8 Å². The standard InChI is InChI=1S/C11H15Br3N2O2S/c1-3-15-6-7(2)19(17,18)16-11-9(13)4-8(12)5-10(11)14/h4-5,7,15-16H,3,6H2,1-2H3. The molecule has 1 unspecified atom stereocenters. The van der Waals surface area contributed by atoms with Crippen LogP contribution in [0.15, 0.2) is 25.6 Å². The Labute approximate surface area is 139 Å². The van der Waals surface area contributed by atoms with Crippen LogP contribution in [0.2, 0.25) is 0 Å². The fraction of sp³-hybridized carbons (Fsp3) is 0.455. The third kappa shape index (κ3) is 5.00. The lowest BCUT2D eigenvalue weighted by Gasteiger charge is -2.17. The van der Waals surface area contributed by atoms with E-state index in [1.165, 1.54) is 0 Å². The number of sulfonamides is 1. The van der Waals surface area contributed by atoms with Crippen molar-refractivity contribution in [2.75, 3.05) is 17.8 Å². The highest BCUT2D eigenvalue weighted by atomic mass is 79.9. The van der Waals surface area contributed by atoms with E-state index in [4.69, 9.17) is 0 Å². The van der Waals surface area contributed by atoms with Gasteiger partial charge in [-0.15, -0.1) is 0 Å². The SMILES string of the molecule is CCNCC(C)S(=O)(=O)Nc1c(Br)cc(Br)cc1Br. The zero-order valence-corrected chi connectivity index (χ0v) is 16.1. The van der Waals surface area contributed by atoms with Gasteiger partial charge in [-0.1, -0.05) is 22.9 Å². The predicted molar refractivity (Wildman–Crippen MR) is 90.1 cm³/mol. The minimum atomic E-state index is -3.43. The number of hydrogen-bond donors (Lipinski definition) is 2. The Morgan fingerprint density at radius 1 is 1.21 bits per heavy atom. The fourth-order valence-electron chi connectivity index (χ4n) is 1.34. The number of rotatable bonds is 6. The first kappa shape index (κ1) is 17.4. The Balaban J connectivity index is 2.96. The lowest BCUT2D eigenvalue weighted by atomic mass is 10.3. The maximum Gasteiger partial charge on any atom is 0.236 e. The maximum absolute atomic E-state index is 12.2. The number of hydrogen-bond acceptors (Lipinski definition) is 3. The summed E-state index contributed by atoms with van der Waals surface area (Å²) in [5.74, 6) is 0. The van der Waals surface area contributed by atoms with Gasteiger partial charge in [0.15, 0.2) is 0 Å². The molecule has 4 nitrogen and oxygen atoms in total. The molecule has 0 aliphatic heterocycles. The average Bonchev–Trinajstić information content (AvgIpc) is 2.30. The van der Waals surface area contributed by atoms with Gasteiger partial charge in [0.2, 0.25) is 10.0 Å². The van der Waals surface area contributed by atoms with E-state index >= 15 is 0 Å². The van der Waals surface area contributed by atoms with Gasteiger partial charge in [-0.2, -0.15) is 0 Å². The molecule has 8 heteroatoms. The fourth-order valence-corrected chi connectivity index (χ4v) is 5.10. The number of halogens is 3. The molecule has 1 aromatic carbocycles. The summed E-state index contributed by atoms with van der Waals surface area (Å²) in [5.41, 5.74) is 0.506. The molecule has 0 fully saturated rings. The largest absolute Gasteiger partial charge is 0.316 e. The molecule has 0 aliphatic rings. The third-order valence-corrected chi connectivity index (χ3v) is 5.89. The van der Waals surface area contributed by atoms with Crippen LogP contribution < -0.4 is 10.0 Å². The molecule has 0 aliphatic carbocycles. The highest BCUT2D eigenvalue weighted by molar-refractivity contribution is 9.11. The Morgan fingerprint density at radius 3 is 2.21 bits per heavy atom. The van der Waals surface area contributed by atoms with Crippen molar-refractivity contribution < 1.29 is 8.42 Å². The van der Waals surface area contributed by atoms with Gasteiger partial charge in [0.25, 0.3) is 0 Å². The summed E-state index contributed by atoms with van der Waals surface area (Å²) in [7, 11) is -3.43. The molecule has 0 radical (unpaired) electrons. The van der Waals surface area contributed by atoms with E-state index < -0.39 is 15.3 Å². The average molecular weight is 479 g/mol. The Bertz CT molecular complexity index is 526. The van der Waals surface area contributed by atoms with Crippen LogP contribution in [0.4, 0.5) is 5.69 Å². The highest BCUT2D eigenvalue weighted by Gasteiger charge is 2.22. The molecule has 1 atom stereocenters. The van der Waals surface area contributed by atoms with Crippen molar-refractivity contribution in [3.63, 3.8) is 0 Å². The van der Waals surface area contributed by atoms with Gasteiger partial charge in [-0.05, 0) is 57.5 Å². The van der Waals surface area contributed by atoms with Gasteiger partial charge in [-0.3, -0.25) is 4.72 Å². The van der Waals surface area contributed by atoms with Crippen LogP contribution >= 0.6 is 47.8 Å². The van der Waals surface area contributed by atoms with Crippen molar-refractivity contribution in [3.8, 4) is 0 Å². The van der Waals surface area contributed by atoms with Crippen LogP contribution in [-0.2, 0) is 10.0 Å². The van der Waals surface area contributed by atoms with E-state index in [2.05, 4.69) is 57.8 Å².